The van der Waals surface area contributed by atoms with E-state index in [-0.39, 0.29) is 24.5 Å². The van der Waals surface area contributed by atoms with Gasteiger partial charge in [0.1, 0.15) is 5.82 Å². The summed E-state index contributed by atoms with van der Waals surface area (Å²) in [5.41, 5.74) is 3.77. The smallest absolute Gasteiger partial charge is 0.254 e. The number of nitrogens with zero attached hydrogens (tertiary/aromatic N) is 2. The summed E-state index contributed by atoms with van der Waals surface area (Å²) in [6.07, 6.45) is 0. The molecule has 0 aliphatic rings. The van der Waals surface area contributed by atoms with Crippen LogP contribution >= 0.6 is 0 Å². The molecule has 0 saturated carbocycles. The predicted octanol–water partition coefficient (Wildman–Crippen LogP) is 0.943. The maximum Gasteiger partial charge on any atom is 0.254 e. The average Bonchev–Trinajstić information content (AvgIpc) is 2.43. The van der Waals surface area contributed by atoms with Gasteiger partial charge in [0, 0.05) is 18.3 Å². The number of aliphatic hydroxyl groups excluding tert-OH is 1. The Labute approximate surface area is 113 Å². The second-order valence-corrected chi connectivity index (χ2v) is 4.91. The summed E-state index contributed by atoms with van der Waals surface area (Å²) in [4.78, 5) is 18.1. The van der Waals surface area contributed by atoms with Gasteiger partial charge in [-0.2, -0.15) is 0 Å². The molecule has 1 unspecified atom stereocenters. The molecule has 1 aromatic heterocycles. The van der Waals surface area contributed by atoms with Crippen molar-refractivity contribution in [2.45, 2.75) is 32.7 Å². The molecule has 6 heteroatoms. The predicted molar refractivity (Wildman–Crippen MR) is 74.8 cm³/mol. The Hall–Kier alpha value is -1.66. The van der Waals surface area contributed by atoms with Crippen molar-refractivity contribution < 1.29 is 9.90 Å². The van der Waals surface area contributed by atoms with Gasteiger partial charge in [0.15, 0.2) is 0 Å². The molecule has 19 heavy (non-hydrogen) atoms. The highest BCUT2D eigenvalue weighted by Crippen LogP contribution is 2.18. The highest BCUT2D eigenvalue weighted by Gasteiger charge is 2.18. The number of rotatable bonds is 5. The van der Waals surface area contributed by atoms with E-state index < -0.39 is 0 Å². The van der Waals surface area contributed by atoms with Gasteiger partial charge in [-0.1, -0.05) is 13.8 Å². The van der Waals surface area contributed by atoms with Crippen molar-refractivity contribution in [1.82, 2.24) is 9.88 Å². The van der Waals surface area contributed by atoms with Crippen LogP contribution in [0.3, 0.4) is 0 Å². The fraction of sp³-hybridized carbons (Fsp3) is 0.538. The van der Waals surface area contributed by atoms with Crippen molar-refractivity contribution in [3.63, 3.8) is 0 Å². The van der Waals surface area contributed by atoms with E-state index in [2.05, 4.69) is 10.4 Å². The lowest BCUT2D eigenvalue weighted by Gasteiger charge is -2.23. The summed E-state index contributed by atoms with van der Waals surface area (Å²) in [6, 6.07) is 3.13. The molecule has 0 spiro atoms. The summed E-state index contributed by atoms with van der Waals surface area (Å²) in [6.45, 7) is 5.70. The van der Waals surface area contributed by atoms with Gasteiger partial charge in [-0.25, -0.2) is 10.8 Å². The SMILES string of the molecule is CC(C)c1cc(C(=O)N(C)C(C)CO)cc(NN)n1. The normalized spacial score (nSPS) is 12.4. The van der Waals surface area contributed by atoms with Crippen LogP contribution < -0.4 is 11.3 Å². The van der Waals surface area contributed by atoms with Crippen LogP contribution in [0.25, 0.3) is 0 Å². The van der Waals surface area contributed by atoms with Crippen LogP contribution in [0, 0.1) is 0 Å². The van der Waals surface area contributed by atoms with Gasteiger partial charge < -0.3 is 15.4 Å². The number of carbonyl (C=O) groups excluding carboxylic acids is 1. The average molecular weight is 266 g/mol. The number of nitrogen functional groups attached to an aromatic ring is 1. The molecule has 1 aromatic rings. The highest BCUT2D eigenvalue weighted by molar-refractivity contribution is 5.95. The number of nitrogens with two attached hydrogens (primary N) is 1. The first-order valence-corrected chi connectivity index (χ1v) is 6.27. The number of aliphatic hydroxyl groups is 1. The first kappa shape index (κ1) is 15.4. The molecule has 106 valence electrons. The molecule has 6 nitrogen and oxygen atoms in total. The van der Waals surface area contributed by atoms with Crippen LogP contribution in [-0.4, -0.2) is 40.6 Å². The van der Waals surface area contributed by atoms with E-state index in [0.717, 1.165) is 5.69 Å². The molecule has 0 fully saturated rings. The lowest BCUT2D eigenvalue weighted by atomic mass is 10.1. The van der Waals surface area contributed by atoms with Crippen LogP contribution in [0.15, 0.2) is 12.1 Å². The molecule has 0 radical (unpaired) electrons. The monoisotopic (exact) mass is 266 g/mol. The van der Waals surface area contributed by atoms with Crippen LogP contribution in [0.2, 0.25) is 0 Å². The number of carbonyl (C=O) groups is 1. The van der Waals surface area contributed by atoms with Crippen molar-refractivity contribution in [1.29, 1.82) is 0 Å². The van der Waals surface area contributed by atoms with Gasteiger partial charge in [-0.15, -0.1) is 0 Å². The first-order valence-electron chi connectivity index (χ1n) is 6.27. The molecule has 0 bridgehead atoms. The Balaban J connectivity index is 3.12. The molecule has 0 aliphatic heterocycles. The molecule has 0 saturated heterocycles. The second kappa shape index (κ2) is 6.49. The molecule has 1 atom stereocenters. The Morgan fingerprint density at radius 2 is 2.11 bits per heavy atom. The first-order chi connectivity index (χ1) is 8.90. The molecule has 0 aliphatic carbocycles. The summed E-state index contributed by atoms with van der Waals surface area (Å²) in [5.74, 6) is 5.86. The minimum absolute atomic E-state index is 0.0770. The van der Waals surface area contributed by atoms with Gasteiger partial charge in [0.25, 0.3) is 5.91 Å². The van der Waals surface area contributed by atoms with E-state index in [1.807, 2.05) is 13.8 Å². The van der Waals surface area contributed by atoms with E-state index in [9.17, 15) is 4.79 Å². The lowest BCUT2D eigenvalue weighted by molar-refractivity contribution is 0.0682. The molecule has 1 heterocycles. The minimum Gasteiger partial charge on any atom is -0.394 e. The molecular formula is C13H22N4O2. The number of hydrogen-bond donors (Lipinski definition) is 3. The Kier molecular flexibility index (Phi) is 5.26. The number of anilines is 1. The van der Waals surface area contributed by atoms with Crippen molar-refractivity contribution in [3.8, 4) is 0 Å². The zero-order valence-electron chi connectivity index (χ0n) is 11.8. The number of pyridine rings is 1. The maximum atomic E-state index is 12.3. The van der Waals surface area contributed by atoms with Crippen LogP contribution in [0.4, 0.5) is 5.82 Å². The third-order valence-electron chi connectivity index (χ3n) is 3.08. The lowest BCUT2D eigenvalue weighted by Crippen LogP contribution is -2.37. The number of hydrogen-bond acceptors (Lipinski definition) is 5. The van der Waals surface area contributed by atoms with Crippen molar-refractivity contribution >= 4 is 11.7 Å². The number of aromatic nitrogens is 1. The van der Waals surface area contributed by atoms with Gasteiger partial charge >= 0.3 is 0 Å². The van der Waals surface area contributed by atoms with Gasteiger partial charge in [-0.3, -0.25) is 4.79 Å². The summed E-state index contributed by atoms with van der Waals surface area (Å²) in [7, 11) is 1.66. The number of hydrazine groups is 1. The number of nitrogens with one attached hydrogen (secondary N) is 1. The Morgan fingerprint density at radius 3 is 2.58 bits per heavy atom. The van der Waals surface area contributed by atoms with Gasteiger partial charge in [0.05, 0.1) is 12.6 Å². The zero-order valence-corrected chi connectivity index (χ0v) is 11.8. The van der Waals surface area contributed by atoms with E-state index in [1.165, 1.54) is 4.90 Å². The third kappa shape index (κ3) is 3.65. The fourth-order valence-corrected chi connectivity index (χ4v) is 1.57. The molecular weight excluding hydrogens is 244 g/mol. The van der Waals surface area contributed by atoms with Crippen LogP contribution in [0.1, 0.15) is 42.7 Å². The molecule has 1 amide bonds. The van der Waals surface area contributed by atoms with E-state index in [0.29, 0.717) is 11.4 Å². The quantitative estimate of drug-likeness (QED) is 0.545. The Bertz CT molecular complexity index is 448. The molecule has 4 N–H and O–H groups in total. The third-order valence-corrected chi connectivity index (χ3v) is 3.08. The fourth-order valence-electron chi connectivity index (χ4n) is 1.57. The minimum atomic E-state index is -0.238. The number of likely N-dealkylation sites (N-methyl/N-ethyl adjacent to an activating group) is 1. The van der Waals surface area contributed by atoms with E-state index in [4.69, 9.17) is 10.9 Å². The summed E-state index contributed by atoms with van der Waals surface area (Å²) < 4.78 is 0. The van der Waals surface area contributed by atoms with Crippen LogP contribution in [-0.2, 0) is 0 Å². The van der Waals surface area contributed by atoms with E-state index >= 15 is 0 Å². The molecule has 1 rings (SSSR count). The van der Waals surface area contributed by atoms with Crippen LogP contribution in [0.5, 0.6) is 0 Å². The molecule has 0 aromatic carbocycles. The summed E-state index contributed by atoms with van der Waals surface area (Å²) in [5, 5.41) is 9.11. The van der Waals surface area contributed by atoms with Crippen molar-refractivity contribution in [2.24, 2.45) is 5.84 Å². The summed E-state index contributed by atoms with van der Waals surface area (Å²) >= 11 is 0. The topological polar surface area (TPSA) is 91.5 Å². The van der Waals surface area contributed by atoms with Gasteiger partial charge in [-0.05, 0) is 25.0 Å². The largest absolute Gasteiger partial charge is 0.394 e. The zero-order chi connectivity index (χ0) is 14.6. The maximum absolute atomic E-state index is 12.3. The van der Waals surface area contributed by atoms with Crippen molar-refractivity contribution in [2.75, 3.05) is 19.1 Å². The van der Waals surface area contributed by atoms with Crippen molar-refractivity contribution in [3.05, 3.63) is 23.4 Å². The standard InChI is InChI=1S/C13H22N4O2/c1-8(2)11-5-10(6-12(15-11)16-14)13(19)17(4)9(3)7-18/h5-6,8-9,18H,7,14H2,1-4H3,(H,15,16). The van der Waals surface area contributed by atoms with E-state index in [1.54, 1.807) is 26.1 Å². The Morgan fingerprint density at radius 1 is 1.47 bits per heavy atom. The number of amides is 1. The second-order valence-electron chi connectivity index (χ2n) is 4.91. The highest BCUT2D eigenvalue weighted by atomic mass is 16.3. The van der Waals surface area contributed by atoms with Gasteiger partial charge in [0.2, 0.25) is 0 Å².